The summed E-state index contributed by atoms with van der Waals surface area (Å²) in [5.41, 5.74) is 7.36. The number of amides is 2. The number of nitrogens with one attached hydrogen (secondary N) is 2. The van der Waals surface area contributed by atoms with Crippen molar-refractivity contribution in [3.63, 3.8) is 0 Å². The molecule has 0 fully saturated rings. The fourth-order valence-corrected chi connectivity index (χ4v) is 3.28. The van der Waals surface area contributed by atoms with E-state index in [1.165, 1.54) is 12.1 Å². The number of carbonyl (C=O) groups is 2. The zero-order chi connectivity index (χ0) is 20.9. The maximum Gasteiger partial charge on any atom is 0.279 e. The van der Waals surface area contributed by atoms with Gasteiger partial charge in [0.05, 0.1) is 5.75 Å². The molecule has 0 heterocycles. The molecule has 0 aliphatic heterocycles. The Morgan fingerprint density at radius 2 is 1.75 bits per heavy atom. The Kier molecular flexibility index (Phi) is 6.80. The van der Waals surface area contributed by atoms with Crippen LogP contribution in [-0.2, 0) is 20.4 Å². The lowest BCUT2D eigenvalue weighted by atomic mass is 10.1. The molecule has 28 heavy (non-hydrogen) atoms. The second kappa shape index (κ2) is 8.88. The van der Waals surface area contributed by atoms with Gasteiger partial charge in [-0.25, -0.2) is 8.42 Å². The van der Waals surface area contributed by atoms with E-state index in [-0.39, 0.29) is 11.3 Å². The molecule has 7 nitrogen and oxygen atoms in total. The van der Waals surface area contributed by atoms with E-state index in [1.807, 2.05) is 26.0 Å². The molecular weight excluding hydrogens is 380 g/mol. The maximum atomic E-state index is 12.2. The summed E-state index contributed by atoms with van der Waals surface area (Å²) in [7, 11) is -3.21. The quantitative estimate of drug-likeness (QED) is 0.718. The van der Waals surface area contributed by atoms with E-state index in [0.29, 0.717) is 11.3 Å². The molecule has 2 rings (SSSR count). The number of rotatable bonds is 6. The van der Waals surface area contributed by atoms with Crippen LogP contribution in [0.4, 0.5) is 0 Å². The van der Waals surface area contributed by atoms with Gasteiger partial charge in [0.25, 0.3) is 11.8 Å². The molecule has 0 spiro atoms. The predicted octanol–water partition coefficient (Wildman–Crippen LogP) is 2.08. The van der Waals surface area contributed by atoms with Gasteiger partial charge in [0.1, 0.15) is 5.75 Å². The summed E-state index contributed by atoms with van der Waals surface area (Å²) in [6.45, 7) is 5.43. The third-order valence-corrected chi connectivity index (χ3v) is 5.00. The molecular formula is C20H24N2O5S. The minimum absolute atomic E-state index is 0.165. The molecule has 0 aliphatic rings. The van der Waals surface area contributed by atoms with Crippen molar-refractivity contribution in [1.29, 1.82) is 0 Å². The van der Waals surface area contributed by atoms with Crippen LogP contribution in [0, 0.1) is 13.8 Å². The Bertz CT molecular complexity index is 986. The molecule has 1 atom stereocenters. The minimum atomic E-state index is -3.21. The van der Waals surface area contributed by atoms with Crippen molar-refractivity contribution >= 4 is 21.7 Å². The smallest absolute Gasteiger partial charge is 0.279 e. The van der Waals surface area contributed by atoms with Crippen molar-refractivity contribution in [3.8, 4) is 5.75 Å². The molecule has 0 saturated carbocycles. The molecule has 0 radical (unpaired) electrons. The molecule has 2 N–H and O–H groups in total. The summed E-state index contributed by atoms with van der Waals surface area (Å²) in [4.78, 5) is 24.4. The monoisotopic (exact) mass is 404 g/mol. The van der Waals surface area contributed by atoms with Gasteiger partial charge in [-0.3, -0.25) is 20.4 Å². The van der Waals surface area contributed by atoms with Crippen molar-refractivity contribution in [2.24, 2.45) is 0 Å². The van der Waals surface area contributed by atoms with Crippen molar-refractivity contribution in [3.05, 3.63) is 64.7 Å². The maximum absolute atomic E-state index is 12.2. The van der Waals surface area contributed by atoms with Gasteiger partial charge in [-0.1, -0.05) is 24.3 Å². The zero-order valence-electron chi connectivity index (χ0n) is 16.3. The van der Waals surface area contributed by atoms with Crippen LogP contribution in [0.5, 0.6) is 5.75 Å². The summed E-state index contributed by atoms with van der Waals surface area (Å²) >= 11 is 0. The molecule has 0 saturated heterocycles. The molecule has 0 aliphatic carbocycles. The molecule has 8 heteroatoms. The fraction of sp³-hybridized carbons (Fsp3) is 0.300. The van der Waals surface area contributed by atoms with Gasteiger partial charge < -0.3 is 4.74 Å². The average molecular weight is 404 g/mol. The van der Waals surface area contributed by atoms with E-state index >= 15 is 0 Å². The summed E-state index contributed by atoms with van der Waals surface area (Å²) < 4.78 is 28.5. The minimum Gasteiger partial charge on any atom is -0.481 e. The van der Waals surface area contributed by atoms with Crippen molar-refractivity contribution in [2.75, 3.05) is 6.26 Å². The molecule has 0 bridgehead atoms. The van der Waals surface area contributed by atoms with E-state index < -0.39 is 27.8 Å². The van der Waals surface area contributed by atoms with Crippen LogP contribution in [0.3, 0.4) is 0 Å². The summed E-state index contributed by atoms with van der Waals surface area (Å²) in [5, 5.41) is 0. The first-order valence-electron chi connectivity index (χ1n) is 8.66. The Hall–Kier alpha value is -2.87. The van der Waals surface area contributed by atoms with Crippen LogP contribution in [-0.4, -0.2) is 32.6 Å². The van der Waals surface area contributed by atoms with Crippen LogP contribution < -0.4 is 15.6 Å². The first-order chi connectivity index (χ1) is 13.1. The van der Waals surface area contributed by atoms with Crippen LogP contribution in [0.15, 0.2) is 42.5 Å². The molecule has 2 amide bonds. The van der Waals surface area contributed by atoms with Crippen molar-refractivity contribution in [1.82, 2.24) is 10.9 Å². The number of hydrogen-bond acceptors (Lipinski definition) is 5. The van der Waals surface area contributed by atoms with Crippen LogP contribution in [0.25, 0.3) is 0 Å². The number of hydrogen-bond donors (Lipinski definition) is 2. The third kappa shape index (κ3) is 6.09. The van der Waals surface area contributed by atoms with Gasteiger partial charge in [-0.15, -0.1) is 0 Å². The summed E-state index contributed by atoms with van der Waals surface area (Å²) in [6.07, 6.45) is 0.300. The second-order valence-corrected chi connectivity index (χ2v) is 8.81. The predicted molar refractivity (Wildman–Crippen MR) is 107 cm³/mol. The number of carbonyl (C=O) groups excluding carboxylic acids is 2. The molecule has 2 aromatic rings. The number of benzene rings is 2. The van der Waals surface area contributed by atoms with Gasteiger partial charge in [0.2, 0.25) is 0 Å². The molecule has 1 unspecified atom stereocenters. The highest BCUT2D eigenvalue weighted by atomic mass is 32.2. The fourth-order valence-electron chi connectivity index (χ4n) is 2.49. The Morgan fingerprint density at radius 3 is 2.43 bits per heavy atom. The van der Waals surface area contributed by atoms with E-state index in [0.717, 1.165) is 17.4 Å². The molecule has 150 valence electrons. The number of ether oxygens (including phenoxy) is 1. The normalized spacial score (nSPS) is 12.1. The Labute approximate surface area is 165 Å². The van der Waals surface area contributed by atoms with Crippen molar-refractivity contribution in [2.45, 2.75) is 32.6 Å². The molecule has 0 aromatic heterocycles. The highest BCUT2D eigenvalue weighted by Crippen LogP contribution is 2.21. The first-order valence-corrected chi connectivity index (χ1v) is 10.7. The van der Waals surface area contributed by atoms with Crippen LogP contribution in [0.1, 0.15) is 34.0 Å². The van der Waals surface area contributed by atoms with Gasteiger partial charge in [0.15, 0.2) is 15.9 Å². The summed E-state index contributed by atoms with van der Waals surface area (Å²) in [6, 6.07) is 11.8. The van der Waals surface area contributed by atoms with E-state index in [4.69, 9.17) is 4.74 Å². The largest absolute Gasteiger partial charge is 0.481 e. The number of hydrazine groups is 1. The van der Waals surface area contributed by atoms with Crippen molar-refractivity contribution < 1.29 is 22.7 Å². The average Bonchev–Trinajstić information content (AvgIpc) is 2.62. The lowest BCUT2D eigenvalue weighted by Crippen LogP contribution is -2.47. The van der Waals surface area contributed by atoms with E-state index in [2.05, 4.69) is 10.9 Å². The second-order valence-electron chi connectivity index (χ2n) is 6.67. The highest BCUT2D eigenvalue weighted by molar-refractivity contribution is 7.89. The standard InChI is InChI=1S/C20H24N2O5S/c1-13-7-5-10-18(14(13)2)27-15(3)19(23)21-22-20(24)17-9-6-8-16(11-17)12-28(4,25)26/h5-11,15H,12H2,1-4H3,(H,21,23)(H,22,24). The SMILES string of the molecule is Cc1cccc(OC(C)C(=O)NNC(=O)c2cccc(CS(C)(=O)=O)c2)c1C. The lowest BCUT2D eigenvalue weighted by Gasteiger charge is -2.17. The van der Waals surface area contributed by atoms with E-state index in [9.17, 15) is 18.0 Å². The zero-order valence-corrected chi connectivity index (χ0v) is 17.1. The summed E-state index contributed by atoms with van der Waals surface area (Å²) in [5.74, 6) is -0.632. The van der Waals surface area contributed by atoms with Gasteiger partial charge in [0, 0.05) is 11.8 Å². The van der Waals surface area contributed by atoms with E-state index in [1.54, 1.807) is 25.1 Å². The number of sulfone groups is 1. The van der Waals surface area contributed by atoms with Gasteiger partial charge >= 0.3 is 0 Å². The van der Waals surface area contributed by atoms with Gasteiger partial charge in [-0.2, -0.15) is 0 Å². The molecule has 2 aromatic carbocycles. The van der Waals surface area contributed by atoms with Crippen LogP contribution in [0.2, 0.25) is 0 Å². The highest BCUT2D eigenvalue weighted by Gasteiger charge is 2.17. The topological polar surface area (TPSA) is 102 Å². The Balaban J connectivity index is 1.95. The number of aryl methyl sites for hydroxylation is 1. The lowest BCUT2D eigenvalue weighted by molar-refractivity contribution is -0.128. The van der Waals surface area contributed by atoms with Gasteiger partial charge in [-0.05, 0) is 55.7 Å². The first kappa shape index (κ1) is 21.4. The Morgan fingerprint density at radius 1 is 1.07 bits per heavy atom. The van der Waals surface area contributed by atoms with Crippen LogP contribution >= 0.6 is 0 Å². The third-order valence-electron chi connectivity index (χ3n) is 4.15.